The van der Waals surface area contributed by atoms with Crippen LogP contribution in [0, 0.1) is 5.92 Å². The summed E-state index contributed by atoms with van der Waals surface area (Å²) in [7, 11) is 1.81. The molecule has 10 heteroatoms. The van der Waals surface area contributed by atoms with Crippen molar-refractivity contribution in [3.05, 3.63) is 77.4 Å². The molecule has 1 amide bonds. The number of nitrogens with one attached hydrogen (secondary N) is 4. The Bertz CT molecular complexity index is 1200. The first-order chi connectivity index (χ1) is 18.3. The number of aromatic nitrogens is 2. The first kappa shape index (κ1) is 27.2. The maximum atomic E-state index is 13.2. The fraction of sp³-hybridized carbons (Fsp3) is 0.393. The summed E-state index contributed by atoms with van der Waals surface area (Å²) in [5.74, 6) is 1.93. The molecule has 2 aromatic carbocycles. The van der Waals surface area contributed by atoms with Gasteiger partial charge < -0.3 is 21.3 Å². The van der Waals surface area contributed by atoms with E-state index in [1.807, 2.05) is 43.4 Å². The van der Waals surface area contributed by atoms with Gasteiger partial charge in [-0.2, -0.15) is 23.1 Å². The summed E-state index contributed by atoms with van der Waals surface area (Å²) >= 11 is 0. The van der Waals surface area contributed by atoms with E-state index in [-0.39, 0.29) is 30.0 Å². The van der Waals surface area contributed by atoms with E-state index in [0.29, 0.717) is 30.5 Å². The minimum absolute atomic E-state index is 0.0719. The van der Waals surface area contributed by atoms with Gasteiger partial charge in [0.15, 0.2) is 0 Å². The van der Waals surface area contributed by atoms with Crippen LogP contribution < -0.4 is 21.3 Å². The zero-order valence-electron chi connectivity index (χ0n) is 21.3. The number of anilines is 3. The summed E-state index contributed by atoms with van der Waals surface area (Å²) in [6.45, 7) is 0.514. The van der Waals surface area contributed by atoms with Crippen LogP contribution in [0.1, 0.15) is 48.8 Å². The molecule has 0 unspecified atom stereocenters. The fourth-order valence-corrected chi connectivity index (χ4v) is 4.69. The lowest BCUT2D eigenvalue weighted by atomic mass is 9.84. The van der Waals surface area contributed by atoms with Gasteiger partial charge >= 0.3 is 6.18 Å². The molecule has 1 fully saturated rings. The third kappa shape index (κ3) is 7.84. The highest BCUT2D eigenvalue weighted by atomic mass is 19.4. The third-order valence-electron chi connectivity index (χ3n) is 6.75. The highest BCUT2D eigenvalue weighted by molar-refractivity contribution is 5.76. The largest absolute Gasteiger partial charge is 0.416 e. The van der Waals surface area contributed by atoms with E-state index in [1.165, 1.54) is 12.1 Å². The topological polar surface area (TPSA) is 91.0 Å². The predicted molar refractivity (Wildman–Crippen MR) is 143 cm³/mol. The summed E-state index contributed by atoms with van der Waals surface area (Å²) < 4.78 is 39.5. The Morgan fingerprint density at radius 1 is 0.921 bits per heavy atom. The minimum atomic E-state index is -4.44. The van der Waals surface area contributed by atoms with E-state index in [9.17, 15) is 18.0 Å². The number of hydrogen-bond donors (Lipinski definition) is 4. The molecule has 3 aromatic rings. The van der Waals surface area contributed by atoms with E-state index >= 15 is 0 Å². The predicted octanol–water partition coefficient (Wildman–Crippen LogP) is 5.83. The van der Waals surface area contributed by atoms with Crippen LogP contribution >= 0.6 is 0 Å². The van der Waals surface area contributed by atoms with Crippen molar-refractivity contribution in [2.45, 2.75) is 57.4 Å². The standard InChI is InChI=1S/C28H33F3N6O/c1-32-24-16-25(33-17-20-7-3-2-4-8-20)37-27(36-24)35-22-13-11-19(12-14-22)15-26(38)34-18-21-9-5-6-10-23(21)28(29,30)31/h2-10,16,19,22H,11-15,17-18H2,1H3,(H,34,38)(H3,32,33,35,36,37). The van der Waals surface area contributed by atoms with Crippen LogP contribution in [0.25, 0.3) is 0 Å². The van der Waals surface area contributed by atoms with Gasteiger partial charge in [0.2, 0.25) is 11.9 Å². The number of rotatable bonds is 10. The fourth-order valence-electron chi connectivity index (χ4n) is 4.69. The van der Waals surface area contributed by atoms with Gasteiger partial charge in [0.25, 0.3) is 0 Å². The van der Waals surface area contributed by atoms with Crippen molar-refractivity contribution in [1.82, 2.24) is 15.3 Å². The molecule has 0 radical (unpaired) electrons. The zero-order valence-corrected chi connectivity index (χ0v) is 21.3. The van der Waals surface area contributed by atoms with Gasteiger partial charge in [-0.15, -0.1) is 0 Å². The highest BCUT2D eigenvalue weighted by Crippen LogP contribution is 2.32. The van der Waals surface area contributed by atoms with Crippen molar-refractivity contribution in [3.63, 3.8) is 0 Å². The van der Waals surface area contributed by atoms with Gasteiger partial charge in [-0.1, -0.05) is 48.5 Å². The van der Waals surface area contributed by atoms with Crippen molar-refractivity contribution in [1.29, 1.82) is 0 Å². The smallest absolute Gasteiger partial charge is 0.373 e. The Balaban J connectivity index is 1.24. The maximum Gasteiger partial charge on any atom is 0.416 e. The van der Waals surface area contributed by atoms with E-state index in [2.05, 4.69) is 31.2 Å². The summed E-state index contributed by atoms with van der Waals surface area (Å²) in [4.78, 5) is 21.6. The number of halogens is 3. The lowest BCUT2D eigenvalue weighted by Gasteiger charge is -2.29. The molecule has 7 nitrogen and oxygen atoms in total. The molecule has 1 aliphatic rings. The molecule has 0 spiro atoms. The maximum absolute atomic E-state index is 13.2. The number of nitrogens with zero attached hydrogens (tertiary/aromatic N) is 2. The molecule has 1 aromatic heterocycles. The summed E-state index contributed by atoms with van der Waals surface area (Å²) in [5, 5.41) is 12.5. The molecule has 1 heterocycles. The second-order valence-electron chi connectivity index (χ2n) is 9.55. The molecule has 0 saturated heterocycles. The Hall–Kier alpha value is -3.82. The average Bonchev–Trinajstić information content (AvgIpc) is 2.92. The first-order valence-corrected chi connectivity index (χ1v) is 12.8. The average molecular weight is 527 g/mol. The van der Waals surface area contributed by atoms with Crippen LogP contribution in [-0.4, -0.2) is 29.0 Å². The number of hydrogen-bond acceptors (Lipinski definition) is 6. The first-order valence-electron chi connectivity index (χ1n) is 12.8. The number of carbonyl (C=O) groups excluding carboxylic acids is 1. The van der Waals surface area contributed by atoms with E-state index in [1.54, 1.807) is 6.07 Å². The van der Waals surface area contributed by atoms with Crippen LogP contribution in [0.3, 0.4) is 0 Å². The quantitative estimate of drug-likeness (QED) is 0.266. The molecular formula is C28H33F3N6O. The normalized spacial score (nSPS) is 17.5. The third-order valence-corrected chi connectivity index (χ3v) is 6.75. The lowest BCUT2D eigenvalue weighted by molar-refractivity contribution is -0.138. The molecule has 1 saturated carbocycles. The summed E-state index contributed by atoms with van der Waals surface area (Å²) in [5.41, 5.74) is 0.510. The van der Waals surface area contributed by atoms with Crippen LogP contribution in [0.5, 0.6) is 0 Å². The van der Waals surface area contributed by atoms with Gasteiger partial charge in [-0.3, -0.25) is 4.79 Å². The van der Waals surface area contributed by atoms with Gasteiger partial charge in [0.05, 0.1) is 5.56 Å². The highest BCUT2D eigenvalue weighted by Gasteiger charge is 2.33. The van der Waals surface area contributed by atoms with Gasteiger partial charge in [-0.05, 0) is 48.8 Å². The van der Waals surface area contributed by atoms with E-state index in [4.69, 9.17) is 0 Å². The second-order valence-corrected chi connectivity index (χ2v) is 9.55. The number of alkyl halides is 3. The molecule has 0 atom stereocenters. The van der Waals surface area contributed by atoms with Crippen LogP contribution in [0.2, 0.25) is 0 Å². The Labute approximate surface area is 220 Å². The van der Waals surface area contributed by atoms with Crippen molar-refractivity contribution in [2.75, 3.05) is 23.0 Å². The number of carbonyl (C=O) groups is 1. The SMILES string of the molecule is CNc1cc(NCc2ccccc2)nc(NC2CCC(CC(=O)NCc3ccccc3C(F)(F)F)CC2)n1. The summed E-state index contributed by atoms with van der Waals surface area (Å²) in [6.07, 6.45) is -0.740. The van der Waals surface area contributed by atoms with Crippen LogP contribution in [0.15, 0.2) is 60.7 Å². The van der Waals surface area contributed by atoms with Crippen molar-refractivity contribution in [3.8, 4) is 0 Å². The molecule has 4 rings (SSSR count). The molecule has 1 aliphatic carbocycles. The monoisotopic (exact) mass is 526 g/mol. The van der Waals surface area contributed by atoms with Crippen molar-refractivity contribution in [2.24, 2.45) is 5.92 Å². The van der Waals surface area contributed by atoms with E-state index < -0.39 is 11.7 Å². The van der Waals surface area contributed by atoms with Gasteiger partial charge in [0, 0.05) is 38.7 Å². The van der Waals surface area contributed by atoms with Crippen LogP contribution in [0.4, 0.5) is 30.8 Å². The zero-order chi connectivity index (χ0) is 27.0. The molecule has 0 aliphatic heterocycles. The Morgan fingerprint density at radius 2 is 1.61 bits per heavy atom. The lowest BCUT2D eigenvalue weighted by Crippen LogP contribution is -2.31. The number of benzene rings is 2. The molecule has 202 valence electrons. The second kappa shape index (κ2) is 12.6. The molecular weight excluding hydrogens is 493 g/mol. The Kier molecular flexibility index (Phi) is 9.04. The van der Waals surface area contributed by atoms with Crippen LogP contribution in [-0.2, 0) is 24.1 Å². The molecule has 38 heavy (non-hydrogen) atoms. The molecule has 4 N–H and O–H groups in total. The Morgan fingerprint density at radius 3 is 2.32 bits per heavy atom. The van der Waals surface area contributed by atoms with Gasteiger partial charge in [0.1, 0.15) is 11.6 Å². The number of amides is 1. The molecule has 0 bridgehead atoms. The summed E-state index contributed by atoms with van der Waals surface area (Å²) in [6, 6.07) is 17.4. The van der Waals surface area contributed by atoms with E-state index in [0.717, 1.165) is 37.3 Å². The van der Waals surface area contributed by atoms with Crippen molar-refractivity contribution < 1.29 is 18.0 Å². The van der Waals surface area contributed by atoms with Gasteiger partial charge in [-0.25, -0.2) is 0 Å². The van der Waals surface area contributed by atoms with Crippen molar-refractivity contribution >= 4 is 23.5 Å². The minimum Gasteiger partial charge on any atom is -0.373 e.